The summed E-state index contributed by atoms with van der Waals surface area (Å²) in [5, 5.41) is 5.39. The Morgan fingerprint density at radius 3 is 1.41 bits per heavy atom. The molecule has 0 spiro atoms. The van der Waals surface area contributed by atoms with E-state index >= 15 is 0 Å². The van der Waals surface area contributed by atoms with Crippen molar-refractivity contribution in [2.75, 3.05) is 37.8 Å². The van der Waals surface area contributed by atoms with Gasteiger partial charge in [-0.25, -0.2) is 19.6 Å². The smallest absolute Gasteiger partial charge is 0.407 e. The summed E-state index contributed by atoms with van der Waals surface area (Å²) >= 11 is 0. The number of ether oxygens (including phenoxy) is 4. The highest BCUT2D eigenvalue weighted by Crippen LogP contribution is 2.23. The average Bonchev–Trinajstić information content (AvgIpc) is 3.39. The first kappa shape index (κ1) is 35.6. The number of nitrogens with two attached hydrogens (primary N) is 2. The highest BCUT2D eigenvalue weighted by molar-refractivity contribution is 5.80. The van der Waals surface area contributed by atoms with Gasteiger partial charge in [-0.2, -0.15) is 0 Å². The molecule has 0 fully saturated rings. The van der Waals surface area contributed by atoms with Crippen molar-refractivity contribution in [3.63, 3.8) is 0 Å². The number of nitrogens with one attached hydrogen (secondary N) is 2. The van der Waals surface area contributed by atoms with Gasteiger partial charge in [-0.1, -0.05) is 0 Å². The largest absolute Gasteiger partial charge is 0.493 e. The SMILES string of the molecule is Cn1c(N)nc2ccc(OCCCNC(=O)OC(C)(C)C)cc21.Cn1c(N)nc2ccc(OCCCNC(=O)OC(C)(C)C)cc21. The predicted molar refractivity (Wildman–Crippen MR) is 179 cm³/mol. The van der Waals surface area contributed by atoms with Crippen LogP contribution in [0.1, 0.15) is 54.4 Å². The van der Waals surface area contributed by atoms with Crippen molar-refractivity contribution in [1.82, 2.24) is 29.7 Å². The van der Waals surface area contributed by atoms with Crippen LogP contribution in [-0.2, 0) is 23.6 Å². The van der Waals surface area contributed by atoms with E-state index < -0.39 is 23.4 Å². The molecule has 0 bridgehead atoms. The number of alkyl carbamates (subject to hydrolysis) is 2. The molecule has 4 aromatic rings. The van der Waals surface area contributed by atoms with Crippen LogP contribution in [0.2, 0.25) is 0 Å². The number of amides is 2. The van der Waals surface area contributed by atoms with Crippen molar-refractivity contribution in [3.8, 4) is 11.5 Å². The summed E-state index contributed by atoms with van der Waals surface area (Å²) in [5.74, 6) is 2.44. The fourth-order valence-corrected chi connectivity index (χ4v) is 4.09. The highest BCUT2D eigenvalue weighted by atomic mass is 16.6. The lowest BCUT2D eigenvalue weighted by Crippen LogP contribution is -2.33. The lowest BCUT2D eigenvalue weighted by molar-refractivity contribution is 0.0513. The van der Waals surface area contributed by atoms with Crippen LogP contribution in [0.15, 0.2) is 36.4 Å². The number of anilines is 2. The number of hydrogen-bond donors (Lipinski definition) is 4. The lowest BCUT2D eigenvalue weighted by atomic mass is 10.2. The first-order valence-electron chi connectivity index (χ1n) is 15.2. The summed E-state index contributed by atoms with van der Waals surface area (Å²) in [5.41, 5.74) is 14.1. The number of imidazole rings is 2. The van der Waals surface area contributed by atoms with Crippen molar-refractivity contribution in [3.05, 3.63) is 36.4 Å². The predicted octanol–water partition coefficient (Wildman–Crippen LogP) is 4.90. The molecule has 46 heavy (non-hydrogen) atoms. The number of benzene rings is 2. The van der Waals surface area contributed by atoms with Crippen molar-refractivity contribution < 1.29 is 28.5 Å². The summed E-state index contributed by atoms with van der Waals surface area (Å²) in [7, 11) is 3.72. The first-order valence-corrected chi connectivity index (χ1v) is 15.2. The molecule has 4 rings (SSSR count). The number of nitrogens with zero attached hydrogens (tertiary/aromatic N) is 4. The second kappa shape index (κ2) is 15.4. The van der Waals surface area contributed by atoms with E-state index in [0.717, 1.165) is 33.6 Å². The molecule has 252 valence electrons. The fraction of sp³-hybridized carbons (Fsp3) is 0.500. The van der Waals surface area contributed by atoms with Gasteiger partial charge in [0.1, 0.15) is 22.7 Å². The van der Waals surface area contributed by atoms with Crippen molar-refractivity contribution in [1.29, 1.82) is 0 Å². The van der Waals surface area contributed by atoms with Gasteiger partial charge in [-0.05, 0) is 78.6 Å². The molecular formula is C32H48N8O6. The Hall–Kier alpha value is -4.88. The third-order valence-corrected chi connectivity index (χ3v) is 6.29. The maximum Gasteiger partial charge on any atom is 0.407 e. The van der Waals surface area contributed by atoms with Gasteiger partial charge in [0.15, 0.2) is 0 Å². The number of aryl methyl sites for hydroxylation is 2. The van der Waals surface area contributed by atoms with E-state index in [9.17, 15) is 9.59 Å². The number of aromatic nitrogens is 4. The van der Waals surface area contributed by atoms with E-state index in [4.69, 9.17) is 30.4 Å². The molecule has 6 N–H and O–H groups in total. The zero-order valence-electron chi connectivity index (χ0n) is 28.1. The van der Waals surface area contributed by atoms with Crippen LogP contribution in [0.4, 0.5) is 21.5 Å². The maximum atomic E-state index is 11.5. The number of rotatable bonds is 10. The molecular weight excluding hydrogens is 592 g/mol. The van der Waals surface area contributed by atoms with E-state index in [0.29, 0.717) is 51.0 Å². The lowest BCUT2D eigenvalue weighted by Gasteiger charge is -2.19. The second-order valence-corrected chi connectivity index (χ2v) is 12.6. The van der Waals surface area contributed by atoms with Crippen molar-refractivity contribution in [2.45, 2.75) is 65.6 Å². The molecule has 14 heteroatoms. The van der Waals surface area contributed by atoms with Crippen LogP contribution in [0.25, 0.3) is 22.1 Å². The van der Waals surface area contributed by atoms with Gasteiger partial charge in [0, 0.05) is 39.3 Å². The monoisotopic (exact) mass is 640 g/mol. The van der Waals surface area contributed by atoms with E-state index in [2.05, 4.69) is 20.6 Å². The Kier molecular flexibility index (Phi) is 11.9. The van der Waals surface area contributed by atoms with Gasteiger partial charge >= 0.3 is 12.2 Å². The van der Waals surface area contributed by atoms with Crippen LogP contribution in [0.5, 0.6) is 11.5 Å². The van der Waals surface area contributed by atoms with E-state index in [1.807, 2.05) is 101 Å². The third kappa shape index (κ3) is 11.2. The third-order valence-electron chi connectivity index (χ3n) is 6.29. The minimum Gasteiger partial charge on any atom is -0.493 e. The molecule has 0 aliphatic carbocycles. The number of nitrogen functional groups attached to an aromatic ring is 2. The Morgan fingerprint density at radius 2 is 1.07 bits per heavy atom. The maximum absolute atomic E-state index is 11.5. The zero-order valence-corrected chi connectivity index (χ0v) is 28.1. The molecule has 0 unspecified atom stereocenters. The summed E-state index contributed by atoms with van der Waals surface area (Å²) in [6.07, 6.45) is 0.545. The summed E-state index contributed by atoms with van der Waals surface area (Å²) in [6, 6.07) is 11.3. The number of hydrogen-bond acceptors (Lipinski definition) is 10. The van der Waals surface area contributed by atoms with Gasteiger partial charge in [0.2, 0.25) is 11.9 Å². The molecule has 0 radical (unpaired) electrons. The minimum atomic E-state index is -0.485. The van der Waals surface area contributed by atoms with Gasteiger partial charge in [-0.15, -0.1) is 0 Å². The van der Waals surface area contributed by atoms with E-state index in [1.165, 1.54) is 0 Å². The second-order valence-electron chi connectivity index (χ2n) is 12.6. The number of carbonyl (C=O) groups excluding carboxylic acids is 2. The zero-order chi connectivity index (χ0) is 34.1. The summed E-state index contributed by atoms with van der Waals surface area (Å²) in [6.45, 7) is 13.0. The van der Waals surface area contributed by atoms with Gasteiger partial charge in [-0.3, -0.25) is 0 Å². The molecule has 0 atom stereocenters. The highest BCUT2D eigenvalue weighted by Gasteiger charge is 2.16. The molecule has 2 heterocycles. The van der Waals surface area contributed by atoms with Crippen LogP contribution in [-0.4, -0.2) is 68.8 Å². The molecule has 2 aromatic carbocycles. The minimum absolute atomic E-state index is 0.413. The Labute approximate surface area is 269 Å². The van der Waals surface area contributed by atoms with Crippen molar-refractivity contribution in [2.24, 2.45) is 14.1 Å². The summed E-state index contributed by atoms with van der Waals surface area (Å²) < 4.78 is 25.3. The Bertz CT molecular complexity index is 1500. The Balaban J connectivity index is 0.000000250. The average molecular weight is 641 g/mol. The van der Waals surface area contributed by atoms with Gasteiger partial charge in [0.05, 0.1) is 35.3 Å². The molecule has 0 saturated heterocycles. The van der Waals surface area contributed by atoms with Crippen LogP contribution in [0.3, 0.4) is 0 Å². The number of carbonyl (C=O) groups is 2. The molecule has 0 saturated carbocycles. The standard InChI is InChI=1S/2C16H24N4O3/c2*1-16(2,3)23-15(21)18-8-5-9-22-11-6-7-12-13(10-11)20(4)14(17)19-12/h2*6-7,10H,5,8-9H2,1-4H3,(H2,17,19)(H,18,21). The molecule has 0 aliphatic rings. The number of fused-ring (bicyclic) bond motifs is 2. The van der Waals surface area contributed by atoms with Crippen LogP contribution in [0, 0.1) is 0 Å². The molecule has 2 amide bonds. The molecule has 0 aliphatic heterocycles. The quantitative estimate of drug-likeness (QED) is 0.174. The first-order chi connectivity index (χ1) is 21.5. The van der Waals surface area contributed by atoms with Crippen LogP contribution < -0.4 is 31.6 Å². The fourth-order valence-electron chi connectivity index (χ4n) is 4.09. The van der Waals surface area contributed by atoms with Crippen molar-refractivity contribution >= 4 is 46.1 Å². The Morgan fingerprint density at radius 1 is 0.696 bits per heavy atom. The van der Waals surface area contributed by atoms with E-state index in [1.54, 1.807) is 0 Å². The van der Waals surface area contributed by atoms with Crippen LogP contribution >= 0.6 is 0 Å². The molecule has 14 nitrogen and oxygen atoms in total. The van der Waals surface area contributed by atoms with E-state index in [-0.39, 0.29) is 0 Å². The van der Waals surface area contributed by atoms with Gasteiger partial charge < -0.3 is 50.2 Å². The van der Waals surface area contributed by atoms with Gasteiger partial charge in [0.25, 0.3) is 0 Å². The summed E-state index contributed by atoms with van der Waals surface area (Å²) in [4.78, 5) is 31.4. The normalized spacial score (nSPS) is 11.5. The molecule has 2 aromatic heterocycles. The topological polar surface area (TPSA) is 183 Å².